The van der Waals surface area contributed by atoms with Crippen molar-refractivity contribution >= 4 is 49.6 Å². The van der Waals surface area contributed by atoms with E-state index in [9.17, 15) is 13.5 Å². The van der Waals surface area contributed by atoms with Gasteiger partial charge < -0.3 is 15.0 Å². The van der Waals surface area contributed by atoms with E-state index >= 15 is 0 Å². The van der Waals surface area contributed by atoms with E-state index in [2.05, 4.69) is 29.4 Å². The number of benzene rings is 2. The van der Waals surface area contributed by atoms with Crippen molar-refractivity contribution in [2.24, 2.45) is 22.4 Å². The number of hydrogen-bond acceptors (Lipinski definition) is 5. The molecular formula is C19H21N5O3S2. The Bertz CT molecular complexity index is 1230. The standard InChI is InChI=1S/C19H21N5O3S2/c1-11(2)12-7-8-16-15(9-12)17(18(25)24(16)3)22-23-19(28)21-13-5-4-6-14(10-13)29(20,26)27/h4-11,25H,1-3H3,(H,21,28)(H2,20,26,27). The van der Waals surface area contributed by atoms with Gasteiger partial charge in [0, 0.05) is 18.1 Å². The molecule has 0 fully saturated rings. The molecule has 0 aliphatic carbocycles. The van der Waals surface area contributed by atoms with Gasteiger partial charge in [-0.1, -0.05) is 26.0 Å². The number of hydrogen-bond donors (Lipinski definition) is 3. The van der Waals surface area contributed by atoms with E-state index in [1.54, 1.807) is 17.7 Å². The fraction of sp³-hybridized carbons (Fsp3) is 0.211. The van der Waals surface area contributed by atoms with Gasteiger partial charge in [-0.25, -0.2) is 13.6 Å². The zero-order valence-corrected chi connectivity index (χ0v) is 17.8. The van der Waals surface area contributed by atoms with Crippen molar-refractivity contribution in [1.29, 1.82) is 0 Å². The van der Waals surface area contributed by atoms with Crippen LogP contribution in [0.1, 0.15) is 25.3 Å². The van der Waals surface area contributed by atoms with Crippen molar-refractivity contribution in [2.45, 2.75) is 24.7 Å². The minimum atomic E-state index is -3.83. The quantitative estimate of drug-likeness (QED) is 0.423. The summed E-state index contributed by atoms with van der Waals surface area (Å²) in [6.45, 7) is 4.17. The van der Waals surface area contributed by atoms with Gasteiger partial charge in [-0.2, -0.15) is 0 Å². The molecule has 8 nitrogen and oxygen atoms in total. The molecule has 0 atom stereocenters. The van der Waals surface area contributed by atoms with Gasteiger partial charge in [0.15, 0.2) is 5.69 Å². The fourth-order valence-electron chi connectivity index (χ4n) is 2.88. The van der Waals surface area contributed by atoms with Crippen LogP contribution in [0.2, 0.25) is 0 Å². The molecule has 0 saturated carbocycles. The predicted octanol–water partition coefficient (Wildman–Crippen LogP) is 4.14. The van der Waals surface area contributed by atoms with Crippen molar-refractivity contribution in [3.63, 3.8) is 0 Å². The first-order valence-corrected chi connectivity index (χ1v) is 10.7. The van der Waals surface area contributed by atoms with Crippen LogP contribution in [0.3, 0.4) is 0 Å². The molecule has 0 spiro atoms. The van der Waals surface area contributed by atoms with Gasteiger partial charge in [-0.3, -0.25) is 0 Å². The smallest absolute Gasteiger partial charge is 0.238 e. The summed E-state index contributed by atoms with van der Waals surface area (Å²) in [6.07, 6.45) is 0. The van der Waals surface area contributed by atoms with Crippen molar-refractivity contribution in [1.82, 2.24) is 4.57 Å². The number of aromatic hydroxyl groups is 1. The Morgan fingerprint density at radius 1 is 1.24 bits per heavy atom. The number of rotatable bonds is 4. The Morgan fingerprint density at radius 3 is 2.62 bits per heavy atom. The lowest BCUT2D eigenvalue weighted by Crippen LogP contribution is -2.13. The maximum Gasteiger partial charge on any atom is 0.238 e. The van der Waals surface area contributed by atoms with Crippen LogP contribution in [0.15, 0.2) is 57.6 Å². The van der Waals surface area contributed by atoms with Crippen LogP contribution in [0.4, 0.5) is 11.4 Å². The summed E-state index contributed by atoms with van der Waals surface area (Å²) in [4.78, 5) is -0.0462. The topological polar surface area (TPSA) is 122 Å². The lowest BCUT2D eigenvalue weighted by atomic mass is 10.0. The molecule has 4 N–H and O–H groups in total. The molecule has 1 heterocycles. The number of aromatic nitrogens is 1. The normalized spacial score (nSPS) is 12.2. The number of nitrogens with zero attached hydrogens (tertiary/aromatic N) is 3. The first-order chi connectivity index (χ1) is 13.6. The molecule has 152 valence electrons. The molecule has 0 radical (unpaired) electrons. The SMILES string of the molecule is CC(C)c1ccc2c(c1)c(N=NC(=S)Nc1cccc(S(N)(=O)=O)c1)c(O)n2C. The number of primary sulfonamides is 1. The number of azo groups is 1. The van der Waals surface area contributed by atoms with Gasteiger partial charge in [0.2, 0.25) is 21.0 Å². The maximum absolute atomic E-state index is 11.5. The first-order valence-electron chi connectivity index (χ1n) is 8.75. The Morgan fingerprint density at radius 2 is 1.97 bits per heavy atom. The van der Waals surface area contributed by atoms with Gasteiger partial charge in [-0.05, 0) is 54.0 Å². The summed E-state index contributed by atoms with van der Waals surface area (Å²) >= 11 is 5.17. The van der Waals surface area contributed by atoms with Crippen molar-refractivity contribution in [3.05, 3.63) is 48.0 Å². The molecule has 2 aromatic carbocycles. The molecule has 0 saturated heterocycles. The zero-order chi connectivity index (χ0) is 21.3. The summed E-state index contributed by atoms with van der Waals surface area (Å²) in [5.74, 6) is 0.295. The van der Waals surface area contributed by atoms with E-state index in [-0.39, 0.29) is 15.9 Å². The average molecular weight is 432 g/mol. The van der Waals surface area contributed by atoms with E-state index in [0.717, 1.165) is 16.5 Å². The van der Waals surface area contributed by atoms with Crippen LogP contribution in [-0.2, 0) is 17.1 Å². The van der Waals surface area contributed by atoms with Gasteiger partial charge in [-0.15, -0.1) is 10.2 Å². The van der Waals surface area contributed by atoms with E-state index in [4.69, 9.17) is 17.4 Å². The van der Waals surface area contributed by atoms with Crippen LogP contribution < -0.4 is 10.5 Å². The predicted molar refractivity (Wildman–Crippen MR) is 117 cm³/mol. The van der Waals surface area contributed by atoms with Crippen LogP contribution in [0.5, 0.6) is 5.88 Å². The summed E-state index contributed by atoms with van der Waals surface area (Å²) in [5.41, 5.74) is 2.65. The van der Waals surface area contributed by atoms with Crippen LogP contribution in [0.25, 0.3) is 10.9 Å². The number of sulfonamides is 1. The molecule has 29 heavy (non-hydrogen) atoms. The average Bonchev–Trinajstić information content (AvgIpc) is 2.89. The fourth-order valence-corrected chi connectivity index (χ4v) is 3.60. The van der Waals surface area contributed by atoms with Crippen LogP contribution in [-0.4, -0.2) is 23.2 Å². The Kier molecular flexibility index (Phi) is 5.69. The van der Waals surface area contributed by atoms with Gasteiger partial charge >= 0.3 is 0 Å². The molecule has 0 amide bonds. The minimum Gasteiger partial charge on any atom is -0.493 e. The van der Waals surface area contributed by atoms with E-state index in [0.29, 0.717) is 17.3 Å². The van der Waals surface area contributed by atoms with Gasteiger partial charge in [0.25, 0.3) is 0 Å². The third-order valence-electron chi connectivity index (χ3n) is 4.49. The summed E-state index contributed by atoms with van der Waals surface area (Å²) in [7, 11) is -2.09. The van der Waals surface area contributed by atoms with Crippen LogP contribution >= 0.6 is 12.2 Å². The number of anilines is 1. The van der Waals surface area contributed by atoms with E-state index in [1.165, 1.54) is 18.2 Å². The molecule has 1 aromatic heterocycles. The number of nitrogens with one attached hydrogen (secondary N) is 1. The van der Waals surface area contributed by atoms with Crippen molar-refractivity contribution < 1.29 is 13.5 Å². The molecule has 3 rings (SSSR count). The Hall–Kier alpha value is -2.82. The monoisotopic (exact) mass is 431 g/mol. The molecule has 0 bridgehead atoms. The molecule has 10 heteroatoms. The van der Waals surface area contributed by atoms with Crippen molar-refractivity contribution in [2.75, 3.05) is 5.32 Å². The highest BCUT2D eigenvalue weighted by molar-refractivity contribution is 7.89. The second kappa shape index (κ2) is 7.90. The minimum absolute atomic E-state index is 0.00740. The molecular weight excluding hydrogens is 410 g/mol. The van der Waals surface area contributed by atoms with Gasteiger partial charge in [0.05, 0.1) is 10.4 Å². The van der Waals surface area contributed by atoms with Gasteiger partial charge in [0.1, 0.15) is 0 Å². The zero-order valence-electron chi connectivity index (χ0n) is 16.1. The lowest BCUT2D eigenvalue weighted by molar-refractivity contribution is 0.436. The second-order valence-electron chi connectivity index (χ2n) is 6.87. The van der Waals surface area contributed by atoms with E-state index in [1.807, 2.05) is 18.2 Å². The first kappa shape index (κ1) is 20.9. The summed E-state index contributed by atoms with van der Waals surface area (Å²) in [6, 6.07) is 11.8. The van der Waals surface area contributed by atoms with Crippen LogP contribution in [0, 0.1) is 0 Å². The third-order valence-corrected chi connectivity index (χ3v) is 5.58. The number of nitrogens with two attached hydrogens (primary N) is 1. The highest BCUT2D eigenvalue weighted by atomic mass is 32.2. The highest BCUT2D eigenvalue weighted by Crippen LogP contribution is 2.39. The number of fused-ring (bicyclic) bond motifs is 1. The molecule has 0 unspecified atom stereocenters. The molecule has 0 aliphatic rings. The summed E-state index contributed by atoms with van der Waals surface area (Å²) in [5, 5.41) is 27.2. The van der Waals surface area contributed by atoms with Crippen molar-refractivity contribution in [3.8, 4) is 5.88 Å². The third kappa shape index (κ3) is 4.44. The Labute approximate surface area is 174 Å². The van der Waals surface area contributed by atoms with E-state index < -0.39 is 10.0 Å². The molecule has 0 aliphatic heterocycles. The lowest BCUT2D eigenvalue weighted by Gasteiger charge is -2.05. The maximum atomic E-state index is 11.5. The highest BCUT2D eigenvalue weighted by Gasteiger charge is 2.16. The Balaban J connectivity index is 1.90. The second-order valence-corrected chi connectivity index (χ2v) is 8.81. The molecule has 3 aromatic rings. The number of thiocarbonyl (C=S) groups is 1. The largest absolute Gasteiger partial charge is 0.493 e. The number of aryl methyl sites for hydroxylation is 1. The summed E-state index contributed by atoms with van der Waals surface area (Å²) < 4.78 is 24.6.